The average molecular weight is 449 g/mol. The smallest absolute Gasteiger partial charge is 0.274 e. The Morgan fingerprint density at radius 2 is 2.18 bits per heavy atom. The van der Waals surface area contributed by atoms with Crippen LogP contribution in [-0.4, -0.2) is 57.0 Å². The minimum Gasteiger partial charge on any atom is -0.394 e. The third kappa shape index (κ3) is 4.36. The number of rotatable bonds is 8. The number of amides is 1. The van der Waals surface area contributed by atoms with Crippen LogP contribution in [0.2, 0.25) is 0 Å². The van der Waals surface area contributed by atoms with Crippen molar-refractivity contribution in [2.45, 2.75) is 19.4 Å². The number of aliphatic hydroxyl groups excluding tert-OH is 1. The van der Waals surface area contributed by atoms with Crippen LogP contribution in [0, 0.1) is 6.92 Å². The molecule has 0 aliphatic carbocycles. The zero-order chi connectivity index (χ0) is 22.8. The highest BCUT2D eigenvalue weighted by molar-refractivity contribution is 6.04. The second-order valence-electron chi connectivity index (χ2n) is 7.86. The third-order valence-corrected chi connectivity index (χ3v) is 5.49. The molecule has 1 saturated heterocycles. The largest absolute Gasteiger partial charge is 0.394 e. The van der Waals surface area contributed by atoms with Crippen LogP contribution in [0.1, 0.15) is 33.4 Å². The molecule has 0 radical (unpaired) electrons. The predicted octanol–water partition coefficient (Wildman–Crippen LogP) is 2.57. The van der Waals surface area contributed by atoms with Gasteiger partial charge in [0.1, 0.15) is 11.3 Å². The number of carbonyl (C=O) groups excluding carboxylic acids is 1. The Bertz CT molecular complexity index is 1290. The van der Waals surface area contributed by atoms with Gasteiger partial charge in [-0.3, -0.25) is 9.20 Å². The molecule has 10 heteroatoms. The number of aliphatic hydroxyl groups is 1. The molecule has 0 bridgehead atoms. The molecule has 3 aromatic heterocycles. The lowest BCUT2D eigenvalue weighted by atomic mass is 10.1. The standard InChI is InChI=1S/C23H23N5O5/c1-14-2-3-16(21-26-23(33-27-21)17-12-32-13-17)9-18(14)25-22(30)19-10-24-20-8-15(4-5-28(19)20)11-31-7-6-29/h2-5,8-10,17,29H,6-7,11-13H2,1H3,(H,25,30). The Morgan fingerprint density at radius 3 is 2.97 bits per heavy atom. The number of aryl methyl sites for hydroxylation is 1. The minimum absolute atomic E-state index is 0.0279. The number of carbonyl (C=O) groups is 1. The van der Waals surface area contributed by atoms with Crippen LogP contribution < -0.4 is 5.32 Å². The molecule has 5 rings (SSSR count). The quantitative estimate of drug-likeness (QED) is 0.393. The maximum absolute atomic E-state index is 13.0. The van der Waals surface area contributed by atoms with Gasteiger partial charge in [0, 0.05) is 17.4 Å². The molecule has 1 amide bonds. The van der Waals surface area contributed by atoms with Gasteiger partial charge in [-0.1, -0.05) is 17.3 Å². The number of anilines is 1. The first-order valence-electron chi connectivity index (χ1n) is 10.6. The van der Waals surface area contributed by atoms with E-state index in [1.807, 2.05) is 37.3 Å². The summed E-state index contributed by atoms with van der Waals surface area (Å²) in [5.74, 6) is 0.896. The topological polar surface area (TPSA) is 124 Å². The molecule has 0 unspecified atom stereocenters. The molecule has 10 nitrogen and oxygen atoms in total. The number of ether oxygens (including phenoxy) is 2. The van der Waals surface area contributed by atoms with E-state index in [1.54, 1.807) is 10.6 Å². The Morgan fingerprint density at radius 1 is 1.30 bits per heavy atom. The van der Waals surface area contributed by atoms with Crippen molar-refractivity contribution in [3.05, 3.63) is 65.4 Å². The molecule has 1 aliphatic rings. The van der Waals surface area contributed by atoms with Crippen LogP contribution >= 0.6 is 0 Å². The van der Waals surface area contributed by atoms with Crippen molar-refractivity contribution in [1.82, 2.24) is 19.5 Å². The van der Waals surface area contributed by atoms with E-state index in [4.69, 9.17) is 19.1 Å². The van der Waals surface area contributed by atoms with Crippen molar-refractivity contribution in [2.75, 3.05) is 31.7 Å². The van der Waals surface area contributed by atoms with Crippen LogP contribution in [-0.2, 0) is 16.1 Å². The lowest BCUT2D eigenvalue weighted by molar-refractivity contribution is -0.00445. The van der Waals surface area contributed by atoms with E-state index in [9.17, 15) is 4.79 Å². The summed E-state index contributed by atoms with van der Waals surface area (Å²) < 4.78 is 17.6. The van der Waals surface area contributed by atoms with Gasteiger partial charge >= 0.3 is 0 Å². The van der Waals surface area contributed by atoms with Gasteiger partial charge in [0.25, 0.3) is 5.91 Å². The van der Waals surface area contributed by atoms with Crippen molar-refractivity contribution in [3.8, 4) is 11.4 Å². The van der Waals surface area contributed by atoms with Crippen molar-refractivity contribution >= 4 is 17.2 Å². The number of nitrogens with zero attached hydrogens (tertiary/aromatic N) is 4. The highest BCUT2D eigenvalue weighted by Crippen LogP contribution is 2.27. The van der Waals surface area contributed by atoms with Gasteiger partial charge in [-0.2, -0.15) is 4.98 Å². The lowest BCUT2D eigenvalue weighted by Gasteiger charge is -2.21. The van der Waals surface area contributed by atoms with Gasteiger partial charge in [-0.05, 0) is 36.2 Å². The van der Waals surface area contributed by atoms with Gasteiger partial charge in [0.2, 0.25) is 11.7 Å². The summed E-state index contributed by atoms with van der Waals surface area (Å²) in [6, 6.07) is 9.34. The maximum atomic E-state index is 13.0. The second-order valence-corrected chi connectivity index (χ2v) is 7.86. The minimum atomic E-state index is -0.285. The van der Waals surface area contributed by atoms with E-state index in [1.165, 1.54) is 6.20 Å². The zero-order valence-electron chi connectivity index (χ0n) is 18.0. The van der Waals surface area contributed by atoms with Crippen LogP contribution in [0.3, 0.4) is 0 Å². The molecular formula is C23H23N5O5. The molecule has 0 saturated carbocycles. The molecule has 170 valence electrons. The highest BCUT2D eigenvalue weighted by Gasteiger charge is 2.27. The molecule has 4 aromatic rings. The lowest BCUT2D eigenvalue weighted by Crippen LogP contribution is -2.25. The Kier molecular flexibility index (Phi) is 5.86. The zero-order valence-corrected chi connectivity index (χ0v) is 18.0. The van der Waals surface area contributed by atoms with Crippen LogP contribution in [0.4, 0.5) is 5.69 Å². The first kappa shape index (κ1) is 21.3. The van der Waals surface area contributed by atoms with Crippen LogP contribution in [0.5, 0.6) is 0 Å². The summed E-state index contributed by atoms with van der Waals surface area (Å²) in [6.45, 7) is 3.70. The molecule has 1 aromatic carbocycles. The molecule has 0 atom stereocenters. The van der Waals surface area contributed by atoms with Crippen molar-refractivity contribution in [1.29, 1.82) is 0 Å². The molecule has 2 N–H and O–H groups in total. The fourth-order valence-corrected chi connectivity index (χ4v) is 3.51. The molecule has 0 spiro atoms. The van der Waals surface area contributed by atoms with E-state index in [-0.39, 0.29) is 25.0 Å². The van der Waals surface area contributed by atoms with E-state index in [0.717, 1.165) is 16.7 Å². The molecule has 4 heterocycles. The summed E-state index contributed by atoms with van der Waals surface area (Å²) in [5, 5.41) is 15.9. The van der Waals surface area contributed by atoms with E-state index in [0.29, 0.717) is 48.6 Å². The number of benzene rings is 1. The molecule has 1 fully saturated rings. The van der Waals surface area contributed by atoms with Gasteiger partial charge < -0.3 is 24.4 Å². The molecule has 1 aliphatic heterocycles. The van der Waals surface area contributed by atoms with Gasteiger partial charge in [-0.25, -0.2) is 4.98 Å². The highest BCUT2D eigenvalue weighted by atomic mass is 16.5. The van der Waals surface area contributed by atoms with Crippen molar-refractivity contribution < 1.29 is 23.9 Å². The van der Waals surface area contributed by atoms with Gasteiger partial charge in [0.05, 0.1) is 45.1 Å². The van der Waals surface area contributed by atoms with Gasteiger partial charge in [0.15, 0.2) is 0 Å². The fourth-order valence-electron chi connectivity index (χ4n) is 3.51. The Balaban J connectivity index is 1.34. The number of pyridine rings is 1. The fraction of sp³-hybridized carbons (Fsp3) is 0.304. The Hall–Kier alpha value is -3.60. The van der Waals surface area contributed by atoms with Crippen LogP contribution in [0.15, 0.2) is 47.2 Å². The van der Waals surface area contributed by atoms with Crippen molar-refractivity contribution in [3.63, 3.8) is 0 Å². The molecule has 33 heavy (non-hydrogen) atoms. The van der Waals surface area contributed by atoms with E-state index in [2.05, 4.69) is 20.4 Å². The predicted molar refractivity (Wildman–Crippen MR) is 118 cm³/mol. The molecular weight excluding hydrogens is 426 g/mol. The van der Waals surface area contributed by atoms with Crippen molar-refractivity contribution in [2.24, 2.45) is 0 Å². The summed E-state index contributed by atoms with van der Waals surface area (Å²) >= 11 is 0. The maximum Gasteiger partial charge on any atom is 0.274 e. The second kappa shape index (κ2) is 9.10. The SMILES string of the molecule is Cc1ccc(-c2noc(C3COC3)n2)cc1NC(=O)c1cnc2cc(COCCO)ccn12. The number of hydrogen-bond donors (Lipinski definition) is 2. The van der Waals surface area contributed by atoms with Crippen LogP contribution in [0.25, 0.3) is 17.0 Å². The van der Waals surface area contributed by atoms with E-state index >= 15 is 0 Å². The summed E-state index contributed by atoms with van der Waals surface area (Å²) in [7, 11) is 0. The number of nitrogens with one attached hydrogen (secondary N) is 1. The summed E-state index contributed by atoms with van der Waals surface area (Å²) in [4.78, 5) is 21.9. The number of hydrogen-bond acceptors (Lipinski definition) is 8. The third-order valence-electron chi connectivity index (χ3n) is 5.49. The summed E-state index contributed by atoms with van der Waals surface area (Å²) in [6.07, 6.45) is 3.32. The normalized spacial score (nSPS) is 13.9. The average Bonchev–Trinajstić information content (AvgIpc) is 3.41. The number of aromatic nitrogens is 4. The first-order chi connectivity index (χ1) is 16.1. The Labute approximate surface area is 189 Å². The number of fused-ring (bicyclic) bond motifs is 1. The monoisotopic (exact) mass is 449 g/mol. The van der Waals surface area contributed by atoms with E-state index < -0.39 is 0 Å². The summed E-state index contributed by atoms with van der Waals surface area (Å²) in [5.41, 5.74) is 4.25. The van der Waals surface area contributed by atoms with Gasteiger partial charge in [-0.15, -0.1) is 0 Å². The first-order valence-corrected chi connectivity index (χ1v) is 10.6. The number of imidazole rings is 1.